The number of hydrogen-bond donors (Lipinski definition) is 1. The molecule has 3 fully saturated rings. The fourth-order valence-electron chi connectivity index (χ4n) is 4.16. The van der Waals surface area contributed by atoms with E-state index in [0.29, 0.717) is 31.0 Å². The van der Waals surface area contributed by atoms with Gasteiger partial charge in [0.15, 0.2) is 0 Å². The van der Waals surface area contributed by atoms with Crippen LogP contribution in [0.1, 0.15) is 40.2 Å². The van der Waals surface area contributed by atoms with Crippen LogP contribution in [0, 0.1) is 19.8 Å². The molecule has 3 aliphatic heterocycles. The van der Waals surface area contributed by atoms with Crippen molar-refractivity contribution in [3.8, 4) is 0 Å². The molecule has 2 amide bonds. The van der Waals surface area contributed by atoms with Crippen molar-refractivity contribution in [2.24, 2.45) is 11.7 Å². The Balaban J connectivity index is 1.64. The van der Waals surface area contributed by atoms with Gasteiger partial charge in [0, 0.05) is 30.9 Å². The lowest BCUT2D eigenvalue weighted by Gasteiger charge is -2.36. The maximum Gasteiger partial charge on any atom is 0.252 e. The fraction of sp³-hybridized carbons (Fsp3) is 0.474. The minimum absolute atomic E-state index is 0.0488. The molecule has 3 saturated heterocycles. The van der Waals surface area contributed by atoms with Gasteiger partial charge in [-0.05, 0) is 38.8 Å². The molecular formula is C19H23N5O3. The zero-order valence-electron chi connectivity index (χ0n) is 15.5. The zero-order valence-corrected chi connectivity index (χ0v) is 15.5. The summed E-state index contributed by atoms with van der Waals surface area (Å²) in [5, 5.41) is 4.00. The molecular weight excluding hydrogens is 346 g/mol. The molecule has 0 radical (unpaired) electrons. The van der Waals surface area contributed by atoms with Gasteiger partial charge >= 0.3 is 0 Å². The SMILES string of the molecule is Cc1noc(C)c1CN1C(=O)[C@@H]2CC[C@H]1CN(c1ncccc1C(N)=O)C2. The van der Waals surface area contributed by atoms with Gasteiger partial charge in [0.2, 0.25) is 5.91 Å². The summed E-state index contributed by atoms with van der Waals surface area (Å²) in [5.41, 5.74) is 7.70. The van der Waals surface area contributed by atoms with E-state index in [1.54, 1.807) is 18.3 Å². The van der Waals surface area contributed by atoms with E-state index in [9.17, 15) is 9.59 Å². The van der Waals surface area contributed by atoms with Crippen LogP contribution < -0.4 is 10.6 Å². The summed E-state index contributed by atoms with van der Waals surface area (Å²) in [7, 11) is 0. The quantitative estimate of drug-likeness (QED) is 0.874. The largest absolute Gasteiger partial charge is 0.365 e. The molecule has 2 atom stereocenters. The molecule has 27 heavy (non-hydrogen) atoms. The number of rotatable bonds is 4. The molecule has 0 aromatic carbocycles. The summed E-state index contributed by atoms with van der Waals surface area (Å²) in [6.45, 7) is 5.44. The van der Waals surface area contributed by atoms with Gasteiger partial charge in [0.05, 0.1) is 23.7 Å². The summed E-state index contributed by atoms with van der Waals surface area (Å²) in [6, 6.07) is 3.43. The predicted octanol–water partition coefficient (Wildman–Crippen LogP) is 1.41. The van der Waals surface area contributed by atoms with Crippen molar-refractivity contribution in [1.29, 1.82) is 0 Å². The number of primary amides is 1. The number of nitrogens with zero attached hydrogens (tertiary/aromatic N) is 4. The average molecular weight is 369 g/mol. The van der Waals surface area contributed by atoms with Crippen molar-refractivity contribution in [2.75, 3.05) is 18.0 Å². The third kappa shape index (κ3) is 3.05. The van der Waals surface area contributed by atoms with Crippen molar-refractivity contribution < 1.29 is 14.1 Å². The van der Waals surface area contributed by atoms with Gasteiger partial charge in [-0.3, -0.25) is 9.59 Å². The first-order chi connectivity index (χ1) is 13.0. The van der Waals surface area contributed by atoms with Crippen LogP contribution in [-0.4, -0.2) is 46.0 Å². The van der Waals surface area contributed by atoms with Crippen molar-refractivity contribution in [2.45, 2.75) is 39.3 Å². The van der Waals surface area contributed by atoms with Gasteiger partial charge in [-0.2, -0.15) is 0 Å². The van der Waals surface area contributed by atoms with E-state index >= 15 is 0 Å². The Morgan fingerprint density at radius 3 is 2.85 bits per heavy atom. The third-order valence-corrected chi connectivity index (χ3v) is 5.65. The van der Waals surface area contributed by atoms with Crippen molar-refractivity contribution in [3.05, 3.63) is 40.9 Å². The standard InChI is InChI=1S/C19H23N5O3/c1-11-16(12(2)27-22-11)10-24-14-6-5-13(19(24)26)8-23(9-14)18-15(17(20)25)4-3-7-21-18/h3-4,7,13-14H,5-6,8-10H2,1-2H3,(H2,20,25)/t13-,14+/m1/s1. The molecule has 2 aromatic rings. The number of anilines is 1. The Kier molecular flexibility index (Phi) is 4.33. The Morgan fingerprint density at radius 1 is 1.33 bits per heavy atom. The Hall–Kier alpha value is -2.90. The molecule has 2 aromatic heterocycles. The summed E-state index contributed by atoms with van der Waals surface area (Å²) in [5.74, 6) is 0.831. The smallest absolute Gasteiger partial charge is 0.252 e. The molecule has 5 rings (SSSR count). The third-order valence-electron chi connectivity index (χ3n) is 5.65. The molecule has 8 nitrogen and oxygen atoms in total. The zero-order chi connectivity index (χ0) is 19.1. The first-order valence-corrected chi connectivity index (χ1v) is 9.17. The normalized spacial score (nSPS) is 22.2. The van der Waals surface area contributed by atoms with Crippen LogP contribution in [0.15, 0.2) is 22.9 Å². The molecule has 2 bridgehead atoms. The van der Waals surface area contributed by atoms with E-state index in [1.807, 2.05) is 23.6 Å². The van der Waals surface area contributed by atoms with Crippen molar-refractivity contribution in [3.63, 3.8) is 0 Å². The van der Waals surface area contributed by atoms with Crippen LogP contribution in [0.2, 0.25) is 0 Å². The second kappa shape index (κ2) is 6.68. The van der Waals surface area contributed by atoms with Crippen molar-refractivity contribution >= 4 is 17.6 Å². The molecule has 0 saturated carbocycles. The van der Waals surface area contributed by atoms with E-state index in [2.05, 4.69) is 10.1 Å². The molecule has 2 N–H and O–H groups in total. The van der Waals surface area contributed by atoms with Crippen LogP contribution in [0.5, 0.6) is 0 Å². The van der Waals surface area contributed by atoms with Crippen LogP contribution in [0.3, 0.4) is 0 Å². The first-order valence-electron chi connectivity index (χ1n) is 9.17. The number of hydrogen-bond acceptors (Lipinski definition) is 6. The highest BCUT2D eigenvalue weighted by Crippen LogP contribution is 2.33. The van der Waals surface area contributed by atoms with Gasteiger partial charge in [0.1, 0.15) is 11.6 Å². The van der Waals surface area contributed by atoms with Crippen LogP contribution in [0.25, 0.3) is 0 Å². The lowest BCUT2D eigenvalue weighted by atomic mass is 9.93. The number of carbonyl (C=O) groups is 2. The molecule has 8 heteroatoms. The molecule has 3 aliphatic rings. The maximum atomic E-state index is 13.1. The van der Waals surface area contributed by atoms with E-state index in [1.165, 1.54) is 0 Å². The average Bonchev–Trinajstić information content (AvgIpc) is 2.83. The number of aryl methyl sites for hydroxylation is 2. The number of pyridine rings is 1. The highest BCUT2D eigenvalue weighted by Gasteiger charge is 2.42. The minimum atomic E-state index is -0.506. The lowest BCUT2D eigenvalue weighted by Crippen LogP contribution is -2.47. The van der Waals surface area contributed by atoms with Gasteiger partial charge in [-0.1, -0.05) is 5.16 Å². The van der Waals surface area contributed by atoms with E-state index in [-0.39, 0.29) is 17.9 Å². The maximum absolute atomic E-state index is 13.1. The van der Waals surface area contributed by atoms with Gasteiger partial charge in [-0.15, -0.1) is 0 Å². The summed E-state index contributed by atoms with van der Waals surface area (Å²) >= 11 is 0. The Morgan fingerprint density at radius 2 is 2.15 bits per heavy atom. The summed E-state index contributed by atoms with van der Waals surface area (Å²) in [6.07, 6.45) is 3.42. The second-order valence-corrected chi connectivity index (χ2v) is 7.34. The number of fused-ring (bicyclic) bond motifs is 4. The second-order valence-electron chi connectivity index (χ2n) is 7.34. The Bertz CT molecular complexity index is 874. The molecule has 0 spiro atoms. The first kappa shape index (κ1) is 17.5. The van der Waals surface area contributed by atoms with Crippen LogP contribution in [0.4, 0.5) is 5.82 Å². The van der Waals surface area contributed by atoms with Gasteiger partial charge in [-0.25, -0.2) is 4.98 Å². The van der Waals surface area contributed by atoms with Gasteiger partial charge < -0.3 is 20.1 Å². The molecule has 142 valence electrons. The number of amides is 2. The molecule has 0 aliphatic carbocycles. The van der Waals surface area contributed by atoms with Crippen molar-refractivity contribution in [1.82, 2.24) is 15.0 Å². The predicted molar refractivity (Wildman–Crippen MR) is 98.0 cm³/mol. The minimum Gasteiger partial charge on any atom is -0.365 e. The lowest BCUT2D eigenvalue weighted by molar-refractivity contribution is -0.140. The number of aromatic nitrogens is 2. The number of nitrogens with two attached hydrogens (primary N) is 1. The van der Waals surface area contributed by atoms with E-state index < -0.39 is 5.91 Å². The number of piperidine rings is 1. The summed E-state index contributed by atoms with van der Waals surface area (Å²) in [4.78, 5) is 33.3. The topological polar surface area (TPSA) is 106 Å². The summed E-state index contributed by atoms with van der Waals surface area (Å²) < 4.78 is 5.26. The monoisotopic (exact) mass is 369 g/mol. The highest BCUT2D eigenvalue weighted by atomic mass is 16.5. The van der Waals surface area contributed by atoms with E-state index in [4.69, 9.17) is 10.3 Å². The van der Waals surface area contributed by atoms with Crippen LogP contribution in [-0.2, 0) is 11.3 Å². The van der Waals surface area contributed by atoms with Gasteiger partial charge in [0.25, 0.3) is 5.91 Å². The Labute approximate surface area is 157 Å². The van der Waals surface area contributed by atoms with E-state index in [0.717, 1.165) is 29.9 Å². The number of carbonyl (C=O) groups excluding carboxylic acids is 2. The highest BCUT2D eigenvalue weighted by molar-refractivity contribution is 5.97. The fourth-order valence-corrected chi connectivity index (χ4v) is 4.16. The van der Waals surface area contributed by atoms with Crippen LogP contribution >= 0.6 is 0 Å². The molecule has 0 unspecified atom stereocenters. The molecule has 5 heterocycles.